The van der Waals surface area contributed by atoms with Crippen LogP contribution in [0.4, 0.5) is 8.78 Å². The summed E-state index contributed by atoms with van der Waals surface area (Å²) in [4.78, 5) is 14.7. The van der Waals surface area contributed by atoms with Crippen molar-refractivity contribution in [2.45, 2.75) is 49.6 Å². The fraction of sp³-hybridized carbons (Fsp3) is 0.379. The molecular formula is C29H29Cl2F2N3O8S. The number of aliphatic hydroxyl groups excluding tert-OH is 1. The zero-order valence-corrected chi connectivity index (χ0v) is 26.1. The van der Waals surface area contributed by atoms with Gasteiger partial charge in [0.2, 0.25) is 10.0 Å². The molecule has 0 spiro atoms. The number of benzene rings is 2. The summed E-state index contributed by atoms with van der Waals surface area (Å²) in [5.41, 5.74) is 1.59. The van der Waals surface area contributed by atoms with E-state index in [4.69, 9.17) is 32.7 Å². The summed E-state index contributed by atoms with van der Waals surface area (Å²) in [6, 6.07) is 8.45. The van der Waals surface area contributed by atoms with Crippen molar-refractivity contribution in [1.29, 1.82) is 0 Å². The van der Waals surface area contributed by atoms with Crippen molar-refractivity contribution < 1.29 is 46.0 Å². The average molecular weight is 689 g/mol. The molecule has 1 aliphatic carbocycles. The minimum atomic E-state index is -3.76. The van der Waals surface area contributed by atoms with Gasteiger partial charge in [0, 0.05) is 24.1 Å². The number of halogens is 4. The van der Waals surface area contributed by atoms with Crippen LogP contribution in [0.3, 0.4) is 0 Å². The molecule has 0 unspecified atom stereocenters. The van der Waals surface area contributed by atoms with Crippen molar-refractivity contribution in [3.63, 3.8) is 0 Å². The fourth-order valence-corrected chi connectivity index (χ4v) is 6.27. The van der Waals surface area contributed by atoms with Gasteiger partial charge in [-0.3, -0.25) is 9.69 Å². The first-order chi connectivity index (χ1) is 21.3. The van der Waals surface area contributed by atoms with Crippen LogP contribution in [0, 0.1) is 11.1 Å². The van der Waals surface area contributed by atoms with Gasteiger partial charge in [0.15, 0.2) is 23.9 Å². The Kier molecular flexibility index (Phi) is 10.0. The average Bonchev–Trinajstić information content (AvgIpc) is 3.76. The van der Waals surface area contributed by atoms with Gasteiger partial charge in [-0.15, -0.1) is 0 Å². The molecule has 0 saturated heterocycles. The number of pyridine rings is 1. The number of aromatic nitrogens is 1. The number of fused-ring (bicyclic) bond motifs is 1. The SMILES string of the molecule is CNS(=O)(=O)c1ccc2c(c1)[C@H](O)N(CC(=O)O[C@@H](Cc1c(Cl)c[n+]([O-])cc1Cl)c1ccc(OC(F)F)c(OCC3CC3)c1)C2. The maximum atomic E-state index is 13.3. The summed E-state index contributed by atoms with van der Waals surface area (Å²) in [5.74, 6) is -0.639. The van der Waals surface area contributed by atoms with E-state index < -0.39 is 41.5 Å². The van der Waals surface area contributed by atoms with Crippen molar-refractivity contribution in [3.05, 3.63) is 86.3 Å². The maximum absolute atomic E-state index is 13.3. The van der Waals surface area contributed by atoms with E-state index in [2.05, 4.69) is 9.46 Å². The van der Waals surface area contributed by atoms with Crippen LogP contribution in [-0.4, -0.2) is 51.2 Å². The summed E-state index contributed by atoms with van der Waals surface area (Å²) in [5, 5.41) is 22.8. The van der Waals surface area contributed by atoms with Crippen LogP contribution < -0.4 is 18.9 Å². The van der Waals surface area contributed by atoms with Gasteiger partial charge in [0.05, 0.1) is 18.0 Å². The summed E-state index contributed by atoms with van der Waals surface area (Å²) in [6.45, 7) is -3.07. The topological polar surface area (TPSA) is 141 Å². The number of hydrogen-bond acceptors (Lipinski definition) is 9. The highest BCUT2D eigenvalue weighted by atomic mass is 35.5. The Morgan fingerprint density at radius 3 is 2.51 bits per heavy atom. The van der Waals surface area contributed by atoms with E-state index in [1.165, 1.54) is 42.3 Å². The quantitative estimate of drug-likeness (QED) is 0.153. The molecule has 0 radical (unpaired) electrons. The molecule has 1 fully saturated rings. The van der Waals surface area contributed by atoms with Crippen LogP contribution in [0.2, 0.25) is 10.0 Å². The lowest BCUT2D eigenvalue weighted by Crippen LogP contribution is -2.31. The number of esters is 1. The molecule has 1 saturated carbocycles. The van der Waals surface area contributed by atoms with E-state index in [-0.39, 0.29) is 46.0 Å². The lowest BCUT2D eigenvalue weighted by molar-refractivity contribution is -0.605. The van der Waals surface area contributed by atoms with Gasteiger partial charge in [-0.25, -0.2) is 13.1 Å². The Morgan fingerprint density at radius 1 is 1.16 bits per heavy atom. The van der Waals surface area contributed by atoms with E-state index in [0.717, 1.165) is 25.2 Å². The van der Waals surface area contributed by atoms with Gasteiger partial charge in [0.25, 0.3) is 0 Å². The third-order valence-corrected chi connectivity index (χ3v) is 9.54. The molecule has 1 aromatic heterocycles. The van der Waals surface area contributed by atoms with Crippen LogP contribution in [0.5, 0.6) is 11.5 Å². The largest absolute Gasteiger partial charge is 0.619 e. The zero-order chi connectivity index (χ0) is 32.5. The van der Waals surface area contributed by atoms with Crippen LogP contribution in [0.1, 0.15) is 47.4 Å². The molecule has 5 rings (SSSR count). The Labute approximate surface area is 267 Å². The van der Waals surface area contributed by atoms with Gasteiger partial charge in [0.1, 0.15) is 22.4 Å². The standard InChI is InChI=1S/C29H29Cl2F2N3O8S/c1-34-45(40,41)19-6-4-18-11-35(28(38)20(18)9-19)14-27(37)43-25(10-21-22(30)12-36(39)13-23(21)31)17-5-7-24(44-29(32)33)26(8-17)42-15-16-2-3-16/h4-9,12-13,16,25,28-29,34,38H,2-3,10-11,14-15H2,1H3/t25-,28-/m0/s1. The molecule has 11 nitrogen and oxygen atoms in total. The third kappa shape index (κ3) is 7.94. The van der Waals surface area contributed by atoms with Gasteiger partial charge in [-0.1, -0.05) is 35.3 Å². The monoisotopic (exact) mass is 687 g/mol. The number of nitrogens with one attached hydrogen (secondary N) is 1. The smallest absolute Gasteiger partial charge is 0.387 e. The van der Waals surface area contributed by atoms with Crippen LogP contribution in [-0.2, 0) is 32.5 Å². The van der Waals surface area contributed by atoms with Crippen molar-refractivity contribution in [2.75, 3.05) is 20.2 Å². The highest BCUT2D eigenvalue weighted by Crippen LogP contribution is 2.38. The highest BCUT2D eigenvalue weighted by molar-refractivity contribution is 7.89. The first-order valence-corrected chi connectivity index (χ1v) is 16.0. The number of ether oxygens (including phenoxy) is 3. The van der Waals surface area contributed by atoms with Crippen LogP contribution in [0.15, 0.2) is 53.7 Å². The molecular weight excluding hydrogens is 659 g/mol. The number of carbonyl (C=O) groups is 1. The Bertz CT molecular complexity index is 1670. The lowest BCUT2D eigenvalue weighted by Gasteiger charge is -2.24. The van der Waals surface area contributed by atoms with E-state index in [9.17, 15) is 32.3 Å². The van der Waals surface area contributed by atoms with E-state index >= 15 is 0 Å². The second-order valence-electron chi connectivity index (χ2n) is 10.7. The molecule has 2 aliphatic rings. The van der Waals surface area contributed by atoms with Gasteiger partial charge in [-0.05, 0) is 61.2 Å². The number of rotatable bonds is 13. The molecule has 2 N–H and O–H groups in total. The first kappa shape index (κ1) is 33.1. The Balaban J connectivity index is 1.40. The second-order valence-corrected chi connectivity index (χ2v) is 13.4. The number of carbonyl (C=O) groups excluding carboxylic acids is 1. The zero-order valence-electron chi connectivity index (χ0n) is 23.8. The highest BCUT2D eigenvalue weighted by Gasteiger charge is 2.33. The fourth-order valence-electron chi connectivity index (χ4n) is 4.91. The Hall–Kier alpha value is -3.27. The number of alkyl halides is 2. The molecule has 3 aromatic rings. The van der Waals surface area contributed by atoms with Crippen LogP contribution >= 0.6 is 23.2 Å². The summed E-state index contributed by atoms with van der Waals surface area (Å²) >= 11 is 12.6. The van der Waals surface area contributed by atoms with E-state index in [1.54, 1.807) is 6.07 Å². The van der Waals surface area contributed by atoms with Crippen LogP contribution in [0.25, 0.3) is 0 Å². The molecule has 242 valence electrons. The first-order valence-electron chi connectivity index (χ1n) is 13.8. The number of sulfonamides is 1. The molecule has 0 bridgehead atoms. The summed E-state index contributed by atoms with van der Waals surface area (Å²) in [7, 11) is -2.49. The van der Waals surface area contributed by atoms with Crippen molar-refractivity contribution in [2.24, 2.45) is 5.92 Å². The number of hydrogen-bond donors (Lipinski definition) is 2. The lowest BCUT2D eigenvalue weighted by atomic mass is 10.0. The van der Waals surface area contributed by atoms with Crippen molar-refractivity contribution in [3.8, 4) is 11.5 Å². The van der Waals surface area contributed by atoms with Gasteiger partial charge < -0.3 is 24.5 Å². The molecule has 1 aliphatic heterocycles. The number of aliphatic hydroxyl groups is 1. The van der Waals surface area contributed by atoms with Crippen molar-refractivity contribution in [1.82, 2.24) is 9.62 Å². The minimum absolute atomic E-state index is 0.0131. The molecule has 2 atom stereocenters. The molecule has 16 heteroatoms. The minimum Gasteiger partial charge on any atom is -0.619 e. The molecule has 45 heavy (non-hydrogen) atoms. The summed E-state index contributed by atoms with van der Waals surface area (Å²) < 4.78 is 69.6. The predicted molar refractivity (Wildman–Crippen MR) is 157 cm³/mol. The van der Waals surface area contributed by atoms with Gasteiger partial charge >= 0.3 is 12.6 Å². The second kappa shape index (κ2) is 13.6. The normalized spacial score (nSPS) is 17.3. The molecule has 0 amide bonds. The third-order valence-electron chi connectivity index (χ3n) is 7.47. The maximum Gasteiger partial charge on any atom is 0.387 e. The van der Waals surface area contributed by atoms with E-state index in [0.29, 0.717) is 32.9 Å². The van der Waals surface area contributed by atoms with Crippen molar-refractivity contribution >= 4 is 39.2 Å². The Morgan fingerprint density at radius 2 is 1.87 bits per heavy atom. The molecule has 2 heterocycles. The molecule has 2 aromatic carbocycles. The van der Waals surface area contributed by atoms with Gasteiger partial charge in [-0.2, -0.15) is 13.5 Å². The van der Waals surface area contributed by atoms with E-state index in [1.807, 2.05) is 0 Å². The summed E-state index contributed by atoms with van der Waals surface area (Å²) in [6.07, 6.45) is 1.60. The predicted octanol–water partition coefficient (Wildman–Crippen LogP) is 4.26. The number of nitrogens with zero attached hydrogens (tertiary/aromatic N) is 2.